The topological polar surface area (TPSA) is 127 Å². The fourth-order valence-electron chi connectivity index (χ4n) is 1.44. The molecule has 110 valence electrons. The minimum absolute atomic E-state index is 0.000158. The summed E-state index contributed by atoms with van der Waals surface area (Å²) in [5.74, 6) is -1.24. The van der Waals surface area contributed by atoms with Crippen LogP contribution >= 0.6 is 0 Å². The van der Waals surface area contributed by atoms with E-state index >= 15 is 0 Å². The van der Waals surface area contributed by atoms with Crippen molar-refractivity contribution in [2.45, 2.75) is 20.3 Å². The van der Waals surface area contributed by atoms with Gasteiger partial charge in [-0.05, 0) is 13.3 Å². The molecule has 0 aliphatic rings. The SMILES string of the molecule is CCC(C)(CNc1ncnc(OC)c1[N+](=O)[O-])C(=O)O. The Bertz CT molecular complexity index is 522. The van der Waals surface area contributed by atoms with Gasteiger partial charge in [0, 0.05) is 6.54 Å². The standard InChI is InChI=1S/C11H16N4O5/c1-4-11(2,10(16)17)5-12-8-7(15(18)19)9(20-3)14-6-13-8/h6H,4-5H2,1-3H3,(H,16,17)(H,12,13,14). The van der Waals surface area contributed by atoms with E-state index in [0.29, 0.717) is 6.42 Å². The van der Waals surface area contributed by atoms with Crippen LogP contribution in [-0.4, -0.2) is 39.6 Å². The van der Waals surface area contributed by atoms with E-state index in [9.17, 15) is 14.9 Å². The van der Waals surface area contributed by atoms with Crippen molar-refractivity contribution in [3.05, 3.63) is 16.4 Å². The number of methoxy groups -OCH3 is 1. The molecule has 9 nitrogen and oxygen atoms in total. The van der Waals surface area contributed by atoms with Gasteiger partial charge in [-0.15, -0.1) is 0 Å². The van der Waals surface area contributed by atoms with E-state index in [1.54, 1.807) is 13.8 Å². The summed E-state index contributed by atoms with van der Waals surface area (Å²) in [4.78, 5) is 28.9. The molecule has 1 rings (SSSR count). The molecule has 9 heteroatoms. The van der Waals surface area contributed by atoms with Crippen molar-refractivity contribution in [3.63, 3.8) is 0 Å². The van der Waals surface area contributed by atoms with Gasteiger partial charge in [-0.3, -0.25) is 14.9 Å². The van der Waals surface area contributed by atoms with Crippen LogP contribution in [0.5, 0.6) is 5.88 Å². The van der Waals surface area contributed by atoms with Crippen LogP contribution in [0.25, 0.3) is 0 Å². The Kier molecular flexibility index (Phi) is 4.78. The molecule has 0 radical (unpaired) electrons. The Morgan fingerprint density at radius 2 is 2.25 bits per heavy atom. The van der Waals surface area contributed by atoms with Crippen molar-refractivity contribution in [3.8, 4) is 5.88 Å². The molecule has 0 spiro atoms. The first kappa shape index (κ1) is 15.6. The van der Waals surface area contributed by atoms with E-state index in [2.05, 4.69) is 15.3 Å². The van der Waals surface area contributed by atoms with Crippen LogP contribution in [0.1, 0.15) is 20.3 Å². The molecule has 1 heterocycles. The number of nitro groups is 1. The van der Waals surface area contributed by atoms with Gasteiger partial charge in [-0.2, -0.15) is 4.98 Å². The number of aromatic nitrogens is 2. The van der Waals surface area contributed by atoms with E-state index in [-0.39, 0.29) is 18.2 Å². The normalized spacial score (nSPS) is 13.3. The number of ether oxygens (including phenoxy) is 1. The second-order valence-corrected chi connectivity index (χ2v) is 4.41. The van der Waals surface area contributed by atoms with Crippen LogP contribution in [0.2, 0.25) is 0 Å². The highest BCUT2D eigenvalue weighted by Gasteiger charge is 2.32. The summed E-state index contributed by atoms with van der Waals surface area (Å²) >= 11 is 0. The molecule has 20 heavy (non-hydrogen) atoms. The van der Waals surface area contributed by atoms with E-state index < -0.39 is 22.0 Å². The monoisotopic (exact) mass is 284 g/mol. The molecule has 0 amide bonds. The maximum absolute atomic E-state index is 11.2. The van der Waals surface area contributed by atoms with Crippen LogP contribution in [0.3, 0.4) is 0 Å². The molecule has 0 saturated carbocycles. The number of carboxylic acids is 1. The third-order valence-corrected chi connectivity index (χ3v) is 3.11. The van der Waals surface area contributed by atoms with Crippen molar-refractivity contribution in [2.75, 3.05) is 19.0 Å². The molecule has 0 bridgehead atoms. The number of carbonyl (C=O) groups is 1. The van der Waals surface area contributed by atoms with Crippen LogP contribution in [0.4, 0.5) is 11.5 Å². The largest absolute Gasteiger partial charge is 0.481 e. The molecule has 0 saturated heterocycles. The number of nitrogens with one attached hydrogen (secondary N) is 1. The van der Waals surface area contributed by atoms with Crippen LogP contribution < -0.4 is 10.1 Å². The molecule has 2 N–H and O–H groups in total. The molecule has 0 aromatic carbocycles. The van der Waals surface area contributed by atoms with Gasteiger partial charge in [0.15, 0.2) is 0 Å². The number of hydrogen-bond donors (Lipinski definition) is 2. The number of nitrogens with zero attached hydrogens (tertiary/aromatic N) is 3. The number of hydrogen-bond acceptors (Lipinski definition) is 7. The van der Waals surface area contributed by atoms with Crippen molar-refractivity contribution >= 4 is 17.5 Å². The van der Waals surface area contributed by atoms with Crippen molar-refractivity contribution in [1.29, 1.82) is 0 Å². The van der Waals surface area contributed by atoms with Gasteiger partial charge >= 0.3 is 11.7 Å². The minimum atomic E-state index is -1.05. The molecule has 1 atom stereocenters. The van der Waals surface area contributed by atoms with Gasteiger partial charge < -0.3 is 15.2 Å². The predicted octanol–water partition coefficient (Wildman–Crippen LogP) is 1.31. The zero-order valence-corrected chi connectivity index (χ0v) is 11.4. The smallest absolute Gasteiger partial charge is 0.372 e. The molecular weight excluding hydrogens is 268 g/mol. The zero-order valence-electron chi connectivity index (χ0n) is 11.4. The molecule has 1 unspecified atom stereocenters. The lowest BCUT2D eigenvalue weighted by Gasteiger charge is -2.23. The zero-order chi connectivity index (χ0) is 15.3. The summed E-state index contributed by atoms with van der Waals surface area (Å²) in [6.45, 7) is 3.28. The lowest BCUT2D eigenvalue weighted by atomic mass is 9.88. The summed E-state index contributed by atoms with van der Waals surface area (Å²) in [6, 6.07) is 0. The van der Waals surface area contributed by atoms with E-state index in [4.69, 9.17) is 9.84 Å². The summed E-state index contributed by atoms with van der Waals surface area (Å²) in [6.07, 6.45) is 1.48. The van der Waals surface area contributed by atoms with Gasteiger partial charge in [0.1, 0.15) is 6.33 Å². The molecule has 0 fully saturated rings. The van der Waals surface area contributed by atoms with Crippen LogP contribution in [0, 0.1) is 15.5 Å². The first-order valence-corrected chi connectivity index (χ1v) is 5.86. The van der Waals surface area contributed by atoms with Crippen LogP contribution in [0.15, 0.2) is 6.33 Å². The number of rotatable bonds is 7. The Morgan fingerprint density at radius 3 is 2.70 bits per heavy atom. The lowest BCUT2D eigenvalue weighted by Crippen LogP contribution is -2.34. The lowest BCUT2D eigenvalue weighted by molar-refractivity contribution is -0.385. The Morgan fingerprint density at radius 1 is 1.60 bits per heavy atom. The van der Waals surface area contributed by atoms with E-state index in [1.165, 1.54) is 7.11 Å². The molecule has 1 aromatic heterocycles. The first-order valence-electron chi connectivity index (χ1n) is 5.86. The average Bonchev–Trinajstić information content (AvgIpc) is 2.43. The quantitative estimate of drug-likeness (QED) is 0.566. The summed E-state index contributed by atoms with van der Waals surface area (Å²) in [5, 5.41) is 22.9. The Hall–Kier alpha value is -2.45. The maximum atomic E-state index is 11.2. The predicted molar refractivity (Wildman–Crippen MR) is 69.8 cm³/mol. The highest BCUT2D eigenvalue weighted by molar-refractivity contribution is 5.75. The van der Waals surface area contributed by atoms with Crippen molar-refractivity contribution < 1.29 is 19.6 Å². The number of aliphatic carboxylic acids is 1. The van der Waals surface area contributed by atoms with E-state index in [0.717, 1.165) is 6.33 Å². The summed E-state index contributed by atoms with van der Waals surface area (Å²) in [5.41, 5.74) is -1.47. The van der Waals surface area contributed by atoms with E-state index in [1.807, 2.05) is 0 Å². The second-order valence-electron chi connectivity index (χ2n) is 4.41. The molecule has 0 aliphatic heterocycles. The third kappa shape index (κ3) is 3.11. The van der Waals surface area contributed by atoms with Gasteiger partial charge in [0.25, 0.3) is 5.88 Å². The maximum Gasteiger partial charge on any atom is 0.372 e. The van der Waals surface area contributed by atoms with Gasteiger partial charge in [-0.25, -0.2) is 4.98 Å². The Labute approximate surface area is 115 Å². The highest BCUT2D eigenvalue weighted by Crippen LogP contribution is 2.31. The van der Waals surface area contributed by atoms with Gasteiger partial charge in [0.05, 0.1) is 17.4 Å². The average molecular weight is 284 g/mol. The highest BCUT2D eigenvalue weighted by atomic mass is 16.6. The first-order chi connectivity index (χ1) is 9.35. The molecule has 0 aliphatic carbocycles. The number of anilines is 1. The van der Waals surface area contributed by atoms with Crippen molar-refractivity contribution in [1.82, 2.24) is 9.97 Å². The fourth-order valence-corrected chi connectivity index (χ4v) is 1.44. The fraction of sp³-hybridized carbons (Fsp3) is 0.545. The molecular formula is C11H16N4O5. The summed E-state index contributed by atoms with van der Waals surface area (Å²) in [7, 11) is 1.26. The van der Waals surface area contributed by atoms with Crippen molar-refractivity contribution in [2.24, 2.45) is 5.41 Å². The Balaban J connectivity index is 3.04. The van der Waals surface area contributed by atoms with Crippen LogP contribution in [-0.2, 0) is 4.79 Å². The third-order valence-electron chi connectivity index (χ3n) is 3.11. The second kappa shape index (κ2) is 6.13. The van der Waals surface area contributed by atoms with Gasteiger partial charge in [-0.1, -0.05) is 6.92 Å². The summed E-state index contributed by atoms with van der Waals surface area (Å²) < 4.78 is 4.80. The van der Waals surface area contributed by atoms with Gasteiger partial charge in [0.2, 0.25) is 5.82 Å². The number of carboxylic acid groups (broad SMARTS) is 1. The minimum Gasteiger partial charge on any atom is -0.481 e. The molecule has 1 aromatic rings.